The van der Waals surface area contributed by atoms with Crippen molar-refractivity contribution in [2.24, 2.45) is 5.41 Å². The Labute approximate surface area is 109 Å². The van der Waals surface area contributed by atoms with Crippen molar-refractivity contribution in [3.05, 3.63) is 12.3 Å². The minimum atomic E-state index is -0.413. The molecule has 5 nitrogen and oxygen atoms in total. The zero-order chi connectivity index (χ0) is 13.6. The van der Waals surface area contributed by atoms with Crippen LogP contribution in [0.5, 0.6) is 5.88 Å². The Morgan fingerprint density at radius 2 is 2.17 bits per heavy atom. The molecule has 0 spiro atoms. The summed E-state index contributed by atoms with van der Waals surface area (Å²) in [5, 5.41) is 12.9. The number of aliphatic hydroxyl groups is 1. The zero-order valence-electron chi connectivity index (χ0n) is 11.6. The Bertz CT molecular complexity index is 363. The maximum atomic E-state index is 9.87. The summed E-state index contributed by atoms with van der Waals surface area (Å²) in [5.74, 6) is 1.02. The van der Waals surface area contributed by atoms with Gasteiger partial charge in [-0.05, 0) is 18.8 Å². The van der Waals surface area contributed by atoms with E-state index in [0.717, 1.165) is 6.42 Å². The lowest BCUT2D eigenvalue weighted by atomic mass is 9.89. The monoisotopic (exact) mass is 253 g/mol. The fraction of sp³-hybridized carbons (Fsp3) is 0.692. The molecule has 1 aromatic heterocycles. The Balaban J connectivity index is 2.45. The van der Waals surface area contributed by atoms with Crippen LogP contribution < -0.4 is 10.1 Å². The fourth-order valence-corrected chi connectivity index (χ4v) is 1.64. The normalized spacial score (nSPS) is 13.2. The molecule has 0 aliphatic rings. The second-order valence-electron chi connectivity index (χ2n) is 5.45. The van der Waals surface area contributed by atoms with Crippen LogP contribution in [0.1, 0.15) is 34.1 Å². The summed E-state index contributed by atoms with van der Waals surface area (Å²) >= 11 is 0. The molecule has 18 heavy (non-hydrogen) atoms. The molecule has 0 saturated carbocycles. The minimum absolute atomic E-state index is 0.106. The molecular formula is C13H23N3O2. The van der Waals surface area contributed by atoms with Gasteiger partial charge in [-0.25, -0.2) is 4.98 Å². The smallest absolute Gasteiger partial charge is 0.226 e. The molecule has 0 fully saturated rings. The van der Waals surface area contributed by atoms with Crippen molar-refractivity contribution in [3.8, 4) is 5.88 Å². The minimum Gasteiger partial charge on any atom is -0.478 e. The molecule has 2 N–H and O–H groups in total. The van der Waals surface area contributed by atoms with Crippen LogP contribution in [-0.2, 0) is 0 Å². The van der Waals surface area contributed by atoms with Gasteiger partial charge < -0.3 is 15.2 Å². The lowest BCUT2D eigenvalue weighted by Gasteiger charge is -2.22. The topological polar surface area (TPSA) is 67.3 Å². The van der Waals surface area contributed by atoms with Crippen LogP contribution in [0.15, 0.2) is 12.3 Å². The van der Waals surface area contributed by atoms with Gasteiger partial charge in [0.05, 0.1) is 12.7 Å². The van der Waals surface area contributed by atoms with E-state index in [1.807, 2.05) is 6.92 Å². The highest BCUT2D eigenvalue weighted by molar-refractivity contribution is 5.27. The summed E-state index contributed by atoms with van der Waals surface area (Å²) in [6.07, 6.45) is 1.95. The average Bonchev–Trinajstić information content (AvgIpc) is 2.25. The average molecular weight is 253 g/mol. The SMILES string of the molecule is CCOc1ccnc(NCC(O)CC(C)(C)C)n1. The van der Waals surface area contributed by atoms with Gasteiger partial charge in [0.1, 0.15) is 0 Å². The van der Waals surface area contributed by atoms with Gasteiger partial charge in [0, 0.05) is 18.8 Å². The first-order valence-electron chi connectivity index (χ1n) is 6.28. The van der Waals surface area contributed by atoms with Gasteiger partial charge in [-0.1, -0.05) is 20.8 Å². The van der Waals surface area contributed by atoms with Crippen LogP contribution in [-0.4, -0.2) is 34.3 Å². The predicted octanol–water partition coefficient (Wildman–Crippen LogP) is 2.08. The predicted molar refractivity (Wildman–Crippen MR) is 71.8 cm³/mol. The van der Waals surface area contributed by atoms with Crippen molar-refractivity contribution in [1.29, 1.82) is 0 Å². The first-order valence-corrected chi connectivity index (χ1v) is 6.28. The molecule has 1 aromatic rings. The molecule has 1 heterocycles. The second-order valence-corrected chi connectivity index (χ2v) is 5.45. The third-order valence-corrected chi connectivity index (χ3v) is 2.27. The number of hydrogen-bond acceptors (Lipinski definition) is 5. The summed E-state index contributed by atoms with van der Waals surface area (Å²) in [6, 6.07) is 1.71. The molecule has 0 aromatic carbocycles. The van der Waals surface area contributed by atoms with E-state index < -0.39 is 6.10 Å². The highest BCUT2D eigenvalue weighted by Crippen LogP contribution is 2.20. The molecule has 102 valence electrons. The van der Waals surface area contributed by atoms with Gasteiger partial charge in [-0.15, -0.1) is 0 Å². The van der Waals surface area contributed by atoms with Crippen LogP contribution in [0.25, 0.3) is 0 Å². The Morgan fingerprint density at radius 3 is 2.78 bits per heavy atom. The van der Waals surface area contributed by atoms with Crippen molar-refractivity contribution < 1.29 is 9.84 Å². The van der Waals surface area contributed by atoms with Crippen LogP contribution >= 0.6 is 0 Å². The van der Waals surface area contributed by atoms with Gasteiger partial charge in [-0.3, -0.25) is 0 Å². The first kappa shape index (κ1) is 14.7. The summed E-state index contributed by atoms with van der Waals surface area (Å²) in [7, 11) is 0. The Kier molecular flexibility index (Phi) is 5.34. The molecule has 1 unspecified atom stereocenters. The van der Waals surface area contributed by atoms with Crippen LogP contribution in [0.2, 0.25) is 0 Å². The summed E-state index contributed by atoms with van der Waals surface area (Å²) in [6.45, 7) is 9.21. The Morgan fingerprint density at radius 1 is 1.44 bits per heavy atom. The first-order chi connectivity index (χ1) is 8.40. The van der Waals surface area contributed by atoms with Crippen LogP contribution in [0.4, 0.5) is 5.95 Å². The van der Waals surface area contributed by atoms with Gasteiger partial charge in [0.15, 0.2) is 0 Å². The molecular weight excluding hydrogens is 230 g/mol. The zero-order valence-corrected chi connectivity index (χ0v) is 11.6. The molecule has 0 bridgehead atoms. The summed E-state index contributed by atoms with van der Waals surface area (Å²) in [4.78, 5) is 8.25. The molecule has 0 aliphatic carbocycles. The van der Waals surface area contributed by atoms with Crippen molar-refractivity contribution in [2.75, 3.05) is 18.5 Å². The van der Waals surface area contributed by atoms with E-state index in [-0.39, 0.29) is 5.41 Å². The number of hydrogen-bond donors (Lipinski definition) is 2. The van der Waals surface area contributed by atoms with E-state index in [0.29, 0.717) is 25.0 Å². The number of rotatable bonds is 6. The highest BCUT2D eigenvalue weighted by Gasteiger charge is 2.16. The largest absolute Gasteiger partial charge is 0.478 e. The van der Waals surface area contributed by atoms with Crippen LogP contribution in [0.3, 0.4) is 0 Å². The maximum absolute atomic E-state index is 9.87. The molecule has 0 radical (unpaired) electrons. The van der Waals surface area contributed by atoms with Crippen LogP contribution in [0, 0.1) is 5.41 Å². The van der Waals surface area contributed by atoms with E-state index in [1.54, 1.807) is 12.3 Å². The van der Waals surface area contributed by atoms with Gasteiger partial charge >= 0.3 is 0 Å². The van der Waals surface area contributed by atoms with Crippen molar-refractivity contribution >= 4 is 5.95 Å². The third kappa shape index (κ3) is 5.82. The van der Waals surface area contributed by atoms with Gasteiger partial charge in [0.2, 0.25) is 11.8 Å². The molecule has 0 aliphatic heterocycles. The molecule has 0 saturated heterocycles. The van der Waals surface area contributed by atoms with E-state index >= 15 is 0 Å². The number of nitrogens with zero attached hydrogens (tertiary/aromatic N) is 2. The maximum Gasteiger partial charge on any atom is 0.226 e. The number of aromatic nitrogens is 2. The second kappa shape index (κ2) is 6.54. The highest BCUT2D eigenvalue weighted by atomic mass is 16.5. The van der Waals surface area contributed by atoms with Crippen molar-refractivity contribution in [1.82, 2.24) is 9.97 Å². The molecule has 0 amide bonds. The lowest BCUT2D eigenvalue weighted by Crippen LogP contribution is -2.25. The summed E-state index contributed by atoms with van der Waals surface area (Å²) in [5.41, 5.74) is 0.106. The Hall–Kier alpha value is -1.36. The molecule has 1 rings (SSSR count). The van der Waals surface area contributed by atoms with Gasteiger partial charge in [0.25, 0.3) is 0 Å². The molecule has 1 atom stereocenters. The lowest BCUT2D eigenvalue weighted by molar-refractivity contribution is 0.132. The van der Waals surface area contributed by atoms with E-state index in [1.165, 1.54) is 0 Å². The van der Waals surface area contributed by atoms with Crippen molar-refractivity contribution in [2.45, 2.75) is 40.2 Å². The number of anilines is 1. The number of ether oxygens (including phenoxy) is 1. The standard InChI is InChI=1S/C13H23N3O2/c1-5-18-11-6-7-14-12(16-11)15-9-10(17)8-13(2,3)4/h6-7,10,17H,5,8-9H2,1-4H3,(H,14,15,16). The van der Waals surface area contributed by atoms with Gasteiger partial charge in [-0.2, -0.15) is 4.98 Å². The van der Waals surface area contributed by atoms with E-state index in [9.17, 15) is 5.11 Å². The number of aliphatic hydroxyl groups excluding tert-OH is 1. The van der Waals surface area contributed by atoms with E-state index in [4.69, 9.17) is 4.74 Å². The van der Waals surface area contributed by atoms with Crippen molar-refractivity contribution in [3.63, 3.8) is 0 Å². The number of nitrogens with one attached hydrogen (secondary N) is 1. The summed E-state index contributed by atoms with van der Waals surface area (Å²) < 4.78 is 5.28. The molecule has 5 heteroatoms. The quantitative estimate of drug-likeness (QED) is 0.812. The van der Waals surface area contributed by atoms with E-state index in [2.05, 4.69) is 36.1 Å². The third-order valence-electron chi connectivity index (χ3n) is 2.27. The fourth-order valence-electron chi connectivity index (χ4n) is 1.64.